The third-order valence-corrected chi connectivity index (χ3v) is 4.52. The standard InChI is InChI=1S/C19H25N3O2/c1-14-10-22(12-17(14)20)11-16-3-4-18(19(9-16)23-2)24-13-15-5-7-21-8-6-15/h3-9,14,17H,10-13,20H2,1-2H3. The average molecular weight is 327 g/mol. The van der Waals surface area contributed by atoms with Crippen LogP contribution in [0.1, 0.15) is 18.1 Å². The van der Waals surface area contributed by atoms with Gasteiger partial charge >= 0.3 is 0 Å². The molecule has 128 valence electrons. The van der Waals surface area contributed by atoms with Gasteiger partial charge in [-0.3, -0.25) is 9.88 Å². The highest BCUT2D eigenvalue weighted by atomic mass is 16.5. The fourth-order valence-corrected chi connectivity index (χ4v) is 3.05. The van der Waals surface area contributed by atoms with Crippen molar-refractivity contribution < 1.29 is 9.47 Å². The molecule has 5 nitrogen and oxygen atoms in total. The van der Waals surface area contributed by atoms with E-state index >= 15 is 0 Å². The van der Waals surface area contributed by atoms with Gasteiger partial charge in [0.1, 0.15) is 6.61 Å². The fraction of sp³-hybridized carbons (Fsp3) is 0.421. The lowest BCUT2D eigenvalue weighted by Crippen LogP contribution is -2.28. The van der Waals surface area contributed by atoms with Crippen molar-refractivity contribution in [1.82, 2.24) is 9.88 Å². The van der Waals surface area contributed by atoms with Gasteiger partial charge in [-0.15, -0.1) is 0 Å². The zero-order chi connectivity index (χ0) is 16.9. The maximum absolute atomic E-state index is 6.11. The van der Waals surface area contributed by atoms with Gasteiger partial charge in [-0.05, 0) is 41.3 Å². The third-order valence-electron chi connectivity index (χ3n) is 4.52. The van der Waals surface area contributed by atoms with Crippen molar-refractivity contribution in [3.8, 4) is 11.5 Å². The van der Waals surface area contributed by atoms with Gasteiger partial charge in [0.25, 0.3) is 0 Å². The Kier molecular flexibility index (Phi) is 5.33. The normalized spacial score (nSPS) is 21.0. The second kappa shape index (κ2) is 7.64. The van der Waals surface area contributed by atoms with Gasteiger partial charge in [-0.2, -0.15) is 0 Å². The molecule has 2 atom stereocenters. The van der Waals surface area contributed by atoms with Crippen LogP contribution in [-0.2, 0) is 13.2 Å². The Balaban J connectivity index is 1.64. The molecule has 0 amide bonds. The first-order chi connectivity index (χ1) is 11.7. The van der Waals surface area contributed by atoms with Crippen LogP contribution in [0.25, 0.3) is 0 Å². The summed E-state index contributed by atoms with van der Waals surface area (Å²) in [5.41, 5.74) is 8.40. The summed E-state index contributed by atoms with van der Waals surface area (Å²) in [6.45, 7) is 5.59. The van der Waals surface area contributed by atoms with Gasteiger partial charge in [0.05, 0.1) is 7.11 Å². The lowest BCUT2D eigenvalue weighted by atomic mass is 10.1. The van der Waals surface area contributed by atoms with Crippen molar-refractivity contribution >= 4 is 0 Å². The SMILES string of the molecule is COc1cc(CN2CC(C)C(N)C2)ccc1OCc1ccncc1. The molecular weight excluding hydrogens is 302 g/mol. The van der Waals surface area contributed by atoms with E-state index < -0.39 is 0 Å². The average Bonchev–Trinajstić information content (AvgIpc) is 2.92. The molecule has 0 radical (unpaired) electrons. The van der Waals surface area contributed by atoms with Gasteiger partial charge in [0.15, 0.2) is 11.5 Å². The minimum Gasteiger partial charge on any atom is -0.493 e. The molecule has 2 aromatic rings. The number of nitrogens with two attached hydrogens (primary N) is 1. The van der Waals surface area contributed by atoms with Crippen LogP contribution in [0, 0.1) is 5.92 Å². The van der Waals surface area contributed by atoms with Crippen LogP contribution in [0.3, 0.4) is 0 Å². The van der Waals surface area contributed by atoms with E-state index in [4.69, 9.17) is 15.2 Å². The van der Waals surface area contributed by atoms with E-state index in [1.807, 2.05) is 18.2 Å². The van der Waals surface area contributed by atoms with Crippen LogP contribution in [0.2, 0.25) is 0 Å². The third kappa shape index (κ3) is 4.04. The number of methoxy groups -OCH3 is 1. The summed E-state index contributed by atoms with van der Waals surface area (Å²) in [5.74, 6) is 2.07. The van der Waals surface area contributed by atoms with Crippen LogP contribution in [-0.4, -0.2) is 36.1 Å². The molecule has 0 saturated carbocycles. The Bertz CT molecular complexity index is 653. The lowest BCUT2D eigenvalue weighted by Gasteiger charge is -2.17. The summed E-state index contributed by atoms with van der Waals surface area (Å²) in [7, 11) is 1.67. The molecule has 2 heterocycles. The van der Waals surface area contributed by atoms with Crippen LogP contribution >= 0.6 is 0 Å². The van der Waals surface area contributed by atoms with E-state index in [-0.39, 0.29) is 6.04 Å². The Hall–Kier alpha value is -2.11. The molecule has 0 bridgehead atoms. The molecule has 24 heavy (non-hydrogen) atoms. The highest BCUT2D eigenvalue weighted by Crippen LogP contribution is 2.30. The summed E-state index contributed by atoms with van der Waals surface area (Å²) in [6, 6.07) is 10.3. The van der Waals surface area contributed by atoms with E-state index in [1.54, 1.807) is 19.5 Å². The van der Waals surface area contributed by atoms with Crippen LogP contribution in [0.15, 0.2) is 42.7 Å². The summed E-state index contributed by atoms with van der Waals surface area (Å²) in [6.07, 6.45) is 3.53. The zero-order valence-electron chi connectivity index (χ0n) is 14.3. The van der Waals surface area contributed by atoms with Crippen LogP contribution < -0.4 is 15.2 Å². The molecule has 2 unspecified atom stereocenters. The Labute approximate surface area is 143 Å². The van der Waals surface area contributed by atoms with Gasteiger partial charge in [0, 0.05) is 38.1 Å². The van der Waals surface area contributed by atoms with E-state index in [0.29, 0.717) is 12.5 Å². The number of nitrogens with zero attached hydrogens (tertiary/aromatic N) is 2. The molecule has 5 heteroatoms. The molecule has 1 aliphatic rings. The van der Waals surface area contributed by atoms with Crippen molar-refractivity contribution in [3.05, 3.63) is 53.9 Å². The minimum atomic E-state index is 0.273. The van der Waals surface area contributed by atoms with Crippen LogP contribution in [0.5, 0.6) is 11.5 Å². The predicted molar refractivity (Wildman–Crippen MR) is 94.0 cm³/mol. The maximum atomic E-state index is 6.11. The topological polar surface area (TPSA) is 60.6 Å². The number of hydrogen-bond acceptors (Lipinski definition) is 5. The highest BCUT2D eigenvalue weighted by molar-refractivity contribution is 5.43. The van der Waals surface area contributed by atoms with E-state index in [1.165, 1.54) is 5.56 Å². The molecule has 1 aromatic carbocycles. The van der Waals surface area contributed by atoms with Crippen molar-refractivity contribution in [2.45, 2.75) is 26.1 Å². The predicted octanol–water partition coefficient (Wildman–Crippen LogP) is 2.45. The number of benzene rings is 1. The summed E-state index contributed by atoms with van der Waals surface area (Å²) >= 11 is 0. The summed E-state index contributed by atoms with van der Waals surface area (Å²) < 4.78 is 11.4. The van der Waals surface area contributed by atoms with Gasteiger partial charge in [-0.25, -0.2) is 0 Å². The van der Waals surface area contributed by atoms with Gasteiger partial charge in [0.2, 0.25) is 0 Å². The molecule has 0 spiro atoms. The first-order valence-corrected chi connectivity index (χ1v) is 8.32. The number of aromatic nitrogens is 1. The van der Waals surface area contributed by atoms with Gasteiger partial charge < -0.3 is 15.2 Å². The van der Waals surface area contributed by atoms with Crippen molar-refractivity contribution in [2.24, 2.45) is 11.7 Å². The Morgan fingerprint density at radius 2 is 1.92 bits per heavy atom. The fourth-order valence-electron chi connectivity index (χ4n) is 3.05. The Morgan fingerprint density at radius 1 is 1.12 bits per heavy atom. The highest BCUT2D eigenvalue weighted by Gasteiger charge is 2.26. The number of hydrogen-bond donors (Lipinski definition) is 1. The molecule has 3 rings (SSSR count). The molecule has 1 fully saturated rings. The minimum absolute atomic E-state index is 0.273. The summed E-state index contributed by atoms with van der Waals surface area (Å²) in [5, 5.41) is 0. The maximum Gasteiger partial charge on any atom is 0.161 e. The number of likely N-dealkylation sites (tertiary alicyclic amines) is 1. The number of rotatable bonds is 6. The molecule has 1 aromatic heterocycles. The molecular formula is C19H25N3O2. The first-order valence-electron chi connectivity index (χ1n) is 8.32. The van der Waals surface area contributed by atoms with Crippen LogP contribution in [0.4, 0.5) is 0 Å². The van der Waals surface area contributed by atoms with Gasteiger partial charge in [-0.1, -0.05) is 13.0 Å². The first kappa shape index (κ1) is 16.7. The van der Waals surface area contributed by atoms with E-state index in [0.717, 1.165) is 36.7 Å². The summed E-state index contributed by atoms with van der Waals surface area (Å²) in [4.78, 5) is 6.40. The quantitative estimate of drug-likeness (QED) is 0.883. The second-order valence-electron chi connectivity index (χ2n) is 6.46. The number of pyridine rings is 1. The molecule has 1 saturated heterocycles. The Morgan fingerprint density at radius 3 is 2.58 bits per heavy atom. The van der Waals surface area contributed by atoms with E-state index in [2.05, 4.69) is 28.9 Å². The zero-order valence-corrected chi connectivity index (χ0v) is 14.3. The van der Waals surface area contributed by atoms with Crippen molar-refractivity contribution in [1.29, 1.82) is 0 Å². The monoisotopic (exact) mass is 327 g/mol. The largest absolute Gasteiger partial charge is 0.493 e. The van der Waals surface area contributed by atoms with Crippen molar-refractivity contribution in [3.63, 3.8) is 0 Å². The lowest BCUT2D eigenvalue weighted by molar-refractivity contribution is 0.282. The van der Waals surface area contributed by atoms with Crippen molar-refractivity contribution in [2.75, 3.05) is 20.2 Å². The number of ether oxygens (including phenoxy) is 2. The molecule has 2 N–H and O–H groups in total. The van der Waals surface area contributed by atoms with E-state index in [9.17, 15) is 0 Å². The molecule has 1 aliphatic heterocycles. The smallest absolute Gasteiger partial charge is 0.161 e. The second-order valence-corrected chi connectivity index (χ2v) is 6.46. The molecule has 0 aliphatic carbocycles.